The molecule has 0 atom stereocenters. The van der Waals surface area contributed by atoms with E-state index >= 15 is 0 Å². The van der Waals surface area contributed by atoms with Gasteiger partial charge in [0.15, 0.2) is 0 Å². The summed E-state index contributed by atoms with van der Waals surface area (Å²) in [5.41, 5.74) is -1.62. The SMILES string of the molecule is O=C(OC(=O)C(F)(F)F)c1ccc[nH]c1=O. The van der Waals surface area contributed by atoms with Crippen molar-refractivity contribution in [3.05, 3.63) is 34.2 Å². The van der Waals surface area contributed by atoms with Gasteiger partial charge in [0.25, 0.3) is 5.56 Å². The third-order valence-corrected chi connectivity index (χ3v) is 1.45. The Hall–Kier alpha value is -2.12. The van der Waals surface area contributed by atoms with Gasteiger partial charge < -0.3 is 9.72 Å². The van der Waals surface area contributed by atoms with Crippen molar-refractivity contribution < 1.29 is 27.5 Å². The van der Waals surface area contributed by atoms with E-state index in [-0.39, 0.29) is 0 Å². The zero-order chi connectivity index (χ0) is 12.3. The predicted molar refractivity (Wildman–Crippen MR) is 43.5 cm³/mol. The summed E-state index contributed by atoms with van der Waals surface area (Å²) >= 11 is 0. The van der Waals surface area contributed by atoms with Crippen LogP contribution in [0.4, 0.5) is 13.2 Å². The first-order valence-electron chi connectivity index (χ1n) is 3.83. The summed E-state index contributed by atoms with van der Waals surface area (Å²) in [6, 6.07) is 2.14. The largest absolute Gasteiger partial charge is 0.491 e. The Morgan fingerprint density at radius 3 is 2.44 bits per heavy atom. The molecule has 1 heterocycles. The molecule has 1 aromatic heterocycles. The second-order valence-corrected chi connectivity index (χ2v) is 2.59. The van der Waals surface area contributed by atoms with Crippen molar-refractivity contribution in [2.24, 2.45) is 0 Å². The fraction of sp³-hybridized carbons (Fsp3) is 0.125. The number of aromatic amines is 1. The van der Waals surface area contributed by atoms with Gasteiger partial charge in [-0.15, -0.1) is 0 Å². The van der Waals surface area contributed by atoms with E-state index in [1.165, 1.54) is 12.3 Å². The third kappa shape index (κ3) is 2.69. The molecule has 0 aliphatic rings. The molecule has 0 amide bonds. The molecule has 1 aromatic rings. The average Bonchev–Trinajstić information content (AvgIpc) is 2.16. The van der Waals surface area contributed by atoms with Crippen LogP contribution < -0.4 is 5.56 Å². The van der Waals surface area contributed by atoms with Crippen molar-refractivity contribution in [1.82, 2.24) is 4.98 Å². The van der Waals surface area contributed by atoms with E-state index in [1.54, 1.807) is 0 Å². The minimum atomic E-state index is -5.28. The van der Waals surface area contributed by atoms with Crippen molar-refractivity contribution in [2.75, 3.05) is 0 Å². The number of H-pyrrole nitrogens is 1. The number of alkyl halides is 3. The molecule has 0 saturated heterocycles. The van der Waals surface area contributed by atoms with Crippen molar-refractivity contribution in [2.45, 2.75) is 6.18 Å². The van der Waals surface area contributed by atoms with E-state index < -0.39 is 29.2 Å². The maximum atomic E-state index is 11.7. The molecular formula is C8H4F3NO4. The number of pyridine rings is 1. The van der Waals surface area contributed by atoms with Gasteiger partial charge in [-0.2, -0.15) is 13.2 Å². The van der Waals surface area contributed by atoms with Crippen molar-refractivity contribution in [3.8, 4) is 0 Å². The molecule has 86 valence electrons. The maximum absolute atomic E-state index is 11.7. The topological polar surface area (TPSA) is 76.2 Å². The number of nitrogens with one attached hydrogen (secondary N) is 1. The number of esters is 2. The summed E-state index contributed by atoms with van der Waals surface area (Å²) in [5, 5.41) is 0. The van der Waals surface area contributed by atoms with E-state index in [1.807, 2.05) is 4.98 Å². The first-order chi connectivity index (χ1) is 7.32. The Morgan fingerprint density at radius 2 is 1.94 bits per heavy atom. The Morgan fingerprint density at radius 1 is 1.31 bits per heavy atom. The number of rotatable bonds is 1. The second-order valence-electron chi connectivity index (χ2n) is 2.59. The minimum Gasteiger partial charge on any atom is -0.382 e. The van der Waals surface area contributed by atoms with Gasteiger partial charge >= 0.3 is 18.1 Å². The molecule has 1 N–H and O–H groups in total. The Labute approximate surface area is 85.8 Å². The summed E-state index contributed by atoms with van der Waals surface area (Å²) in [5.74, 6) is -4.31. The molecule has 0 unspecified atom stereocenters. The number of ether oxygens (including phenoxy) is 1. The van der Waals surface area contributed by atoms with Crippen LogP contribution in [0.2, 0.25) is 0 Å². The van der Waals surface area contributed by atoms with Gasteiger partial charge in [-0.25, -0.2) is 9.59 Å². The maximum Gasteiger partial charge on any atom is 0.491 e. The van der Waals surface area contributed by atoms with Crippen LogP contribution >= 0.6 is 0 Å². The fourth-order valence-electron chi connectivity index (χ4n) is 0.779. The molecule has 0 aliphatic heterocycles. The molecule has 8 heteroatoms. The highest BCUT2D eigenvalue weighted by Gasteiger charge is 2.42. The number of aromatic nitrogens is 1. The zero-order valence-corrected chi connectivity index (χ0v) is 7.50. The monoisotopic (exact) mass is 235 g/mol. The molecule has 0 aromatic carbocycles. The number of carbonyl (C=O) groups excluding carboxylic acids is 2. The highest BCUT2D eigenvalue weighted by Crippen LogP contribution is 2.16. The van der Waals surface area contributed by atoms with Crippen LogP contribution in [0.5, 0.6) is 0 Å². The van der Waals surface area contributed by atoms with Crippen molar-refractivity contribution in [1.29, 1.82) is 0 Å². The van der Waals surface area contributed by atoms with Crippen LogP contribution in [-0.4, -0.2) is 23.1 Å². The minimum absolute atomic E-state index is 0.680. The van der Waals surface area contributed by atoms with Gasteiger partial charge in [-0.05, 0) is 12.1 Å². The average molecular weight is 235 g/mol. The molecule has 1 rings (SSSR count). The molecule has 0 radical (unpaired) electrons. The van der Waals surface area contributed by atoms with Crippen LogP contribution in [0.1, 0.15) is 10.4 Å². The van der Waals surface area contributed by atoms with E-state index in [4.69, 9.17) is 0 Å². The molecule has 5 nitrogen and oxygen atoms in total. The zero-order valence-electron chi connectivity index (χ0n) is 7.50. The van der Waals surface area contributed by atoms with Gasteiger partial charge in [0.2, 0.25) is 0 Å². The van der Waals surface area contributed by atoms with Gasteiger partial charge in [0, 0.05) is 6.20 Å². The lowest BCUT2D eigenvalue weighted by Gasteiger charge is -2.04. The smallest absolute Gasteiger partial charge is 0.382 e. The lowest BCUT2D eigenvalue weighted by Crippen LogP contribution is -2.30. The first kappa shape index (κ1) is 12.0. The van der Waals surface area contributed by atoms with Crippen LogP contribution in [0.3, 0.4) is 0 Å². The number of halogens is 3. The Balaban J connectivity index is 2.87. The molecular weight excluding hydrogens is 231 g/mol. The Bertz CT molecular complexity index is 477. The van der Waals surface area contributed by atoms with Gasteiger partial charge in [-0.1, -0.05) is 0 Å². The van der Waals surface area contributed by atoms with E-state index in [0.29, 0.717) is 0 Å². The fourth-order valence-corrected chi connectivity index (χ4v) is 0.779. The van der Waals surface area contributed by atoms with Crippen LogP contribution in [0, 0.1) is 0 Å². The van der Waals surface area contributed by atoms with Crippen molar-refractivity contribution in [3.63, 3.8) is 0 Å². The molecule has 0 saturated carbocycles. The lowest BCUT2D eigenvalue weighted by atomic mass is 10.3. The van der Waals surface area contributed by atoms with Crippen LogP contribution in [-0.2, 0) is 9.53 Å². The van der Waals surface area contributed by atoms with E-state index in [0.717, 1.165) is 6.07 Å². The van der Waals surface area contributed by atoms with Crippen LogP contribution in [0.15, 0.2) is 23.1 Å². The highest BCUT2D eigenvalue weighted by molar-refractivity contribution is 5.97. The molecule has 0 fully saturated rings. The summed E-state index contributed by atoms with van der Waals surface area (Å²) in [4.78, 5) is 34.2. The third-order valence-electron chi connectivity index (χ3n) is 1.45. The van der Waals surface area contributed by atoms with E-state index in [9.17, 15) is 27.6 Å². The molecule has 0 aliphatic carbocycles. The molecule has 16 heavy (non-hydrogen) atoms. The predicted octanol–water partition coefficient (Wildman–Crippen LogP) is 0.621. The van der Waals surface area contributed by atoms with Gasteiger partial charge in [0.1, 0.15) is 5.56 Å². The standard InChI is InChI=1S/C8H4F3NO4/c9-8(10,11)7(15)16-6(14)4-2-1-3-12-5(4)13/h1-3H,(H,12,13). The summed E-state index contributed by atoms with van der Waals surface area (Å²) in [6.45, 7) is 0. The quantitative estimate of drug-likeness (QED) is 0.571. The summed E-state index contributed by atoms with van der Waals surface area (Å²) in [6.07, 6.45) is -4.11. The van der Waals surface area contributed by atoms with Crippen molar-refractivity contribution >= 4 is 11.9 Å². The second kappa shape index (κ2) is 4.17. The molecule has 0 bridgehead atoms. The highest BCUT2D eigenvalue weighted by atomic mass is 19.4. The Kier molecular flexibility index (Phi) is 3.11. The summed E-state index contributed by atoms with van der Waals surface area (Å²) in [7, 11) is 0. The van der Waals surface area contributed by atoms with Gasteiger partial charge in [-0.3, -0.25) is 4.79 Å². The number of hydrogen-bond donors (Lipinski definition) is 1. The van der Waals surface area contributed by atoms with Crippen LogP contribution in [0.25, 0.3) is 0 Å². The van der Waals surface area contributed by atoms with Gasteiger partial charge in [0.05, 0.1) is 0 Å². The normalized spacial score (nSPS) is 10.9. The number of carbonyl (C=O) groups is 2. The lowest BCUT2D eigenvalue weighted by molar-refractivity contribution is -0.193. The molecule has 0 spiro atoms. The van der Waals surface area contributed by atoms with E-state index in [2.05, 4.69) is 4.74 Å². The first-order valence-corrected chi connectivity index (χ1v) is 3.83. The number of hydrogen-bond acceptors (Lipinski definition) is 4. The summed E-state index contributed by atoms with van der Waals surface area (Å²) < 4.78 is 38.6.